The molecular formula is C12H13BrFN5O. The van der Waals surface area contributed by atoms with E-state index in [-0.39, 0.29) is 6.01 Å². The highest BCUT2D eigenvalue weighted by Crippen LogP contribution is 2.25. The molecule has 1 N–H and O–H groups in total. The number of hydrogen-bond donors (Lipinski definition) is 1. The summed E-state index contributed by atoms with van der Waals surface area (Å²) in [4.78, 5) is 14.1. The van der Waals surface area contributed by atoms with Crippen LogP contribution in [0.25, 0.3) is 0 Å². The average Bonchev–Trinajstić information content (AvgIpc) is 2.36. The zero-order chi connectivity index (χ0) is 14.7. The fourth-order valence-corrected chi connectivity index (χ4v) is 1.84. The Bertz CT molecular complexity index is 603. The second kappa shape index (κ2) is 6.00. The predicted octanol–water partition coefficient (Wildman–Crippen LogP) is 2.67. The topological polar surface area (TPSA) is 63.2 Å². The number of hydrogen-bond acceptors (Lipinski definition) is 6. The van der Waals surface area contributed by atoms with Crippen LogP contribution in [0.1, 0.15) is 0 Å². The molecule has 0 saturated carbocycles. The largest absolute Gasteiger partial charge is 0.424 e. The van der Waals surface area contributed by atoms with E-state index >= 15 is 0 Å². The number of aromatic nitrogens is 3. The maximum atomic E-state index is 13.3. The van der Waals surface area contributed by atoms with Crippen LogP contribution in [-0.4, -0.2) is 36.1 Å². The quantitative estimate of drug-likeness (QED) is 0.922. The van der Waals surface area contributed by atoms with Gasteiger partial charge < -0.3 is 15.0 Å². The maximum absolute atomic E-state index is 13.3. The molecule has 0 spiro atoms. The van der Waals surface area contributed by atoms with Crippen LogP contribution in [0, 0.1) is 5.82 Å². The summed E-state index contributed by atoms with van der Waals surface area (Å²) in [7, 11) is 5.30. The molecule has 0 aliphatic rings. The summed E-state index contributed by atoms with van der Waals surface area (Å²) >= 11 is 3.20. The molecule has 0 unspecified atom stereocenters. The van der Waals surface area contributed by atoms with Gasteiger partial charge in [0.15, 0.2) is 0 Å². The maximum Gasteiger partial charge on any atom is 0.328 e. The number of nitrogens with zero attached hydrogens (tertiary/aromatic N) is 4. The molecule has 0 bridgehead atoms. The van der Waals surface area contributed by atoms with Crippen molar-refractivity contribution in [1.82, 2.24) is 15.0 Å². The third kappa shape index (κ3) is 3.53. The van der Waals surface area contributed by atoms with Gasteiger partial charge in [0.25, 0.3) is 0 Å². The zero-order valence-corrected chi connectivity index (χ0v) is 12.8. The molecule has 1 aromatic heterocycles. The van der Waals surface area contributed by atoms with Crippen molar-refractivity contribution in [2.24, 2.45) is 0 Å². The molecule has 20 heavy (non-hydrogen) atoms. The minimum atomic E-state index is -0.412. The van der Waals surface area contributed by atoms with Gasteiger partial charge in [0, 0.05) is 31.7 Å². The smallest absolute Gasteiger partial charge is 0.328 e. The normalized spacial score (nSPS) is 10.2. The van der Waals surface area contributed by atoms with Crippen molar-refractivity contribution < 1.29 is 9.13 Å². The van der Waals surface area contributed by atoms with Crippen molar-refractivity contribution in [3.63, 3.8) is 0 Å². The second-order valence-electron chi connectivity index (χ2n) is 4.09. The monoisotopic (exact) mass is 341 g/mol. The Labute approximate surface area is 124 Å². The number of ether oxygens (including phenoxy) is 1. The van der Waals surface area contributed by atoms with Gasteiger partial charge in [-0.2, -0.15) is 15.0 Å². The van der Waals surface area contributed by atoms with Crippen LogP contribution in [0.4, 0.5) is 16.3 Å². The third-order valence-electron chi connectivity index (χ3n) is 2.27. The summed E-state index contributed by atoms with van der Waals surface area (Å²) in [6.45, 7) is 0. The van der Waals surface area contributed by atoms with E-state index in [1.54, 1.807) is 32.1 Å². The van der Waals surface area contributed by atoms with E-state index in [9.17, 15) is 4.39 Å². The molecular weight excluding hydrogens is 329 g/mol. The van der Waals surface area contributed by atoms with E-state index in [2.05, 4.69) is 36.2 Å². The lowest BCUT2D eigenvalue weighted by Gasteiger charge is -2.12. The number of halogens is 2. The Morgan fingerprint density at radius 1 is 1.20 bits per heavy atom. The average molecular weight is 342 g/mol. The summed E-state index contributed by atoms with van der Waals surface area (Å²) in [6.07, 6.45) is 0. The van der Waals surface area contributed by atoms with Crippen LogP contribution in [0.2, 0.25) is 0 Å². The molecule has 8 heteroatoms. The summed E-state index contributed by atoms with van der Waals surface area (Å²) in [5.74, 6) is 0.698. The number of anilines is 2. The summed E-state index contributed by atoms with van der Waals surface area (Å²) < 4.78 is 19.3. The third-order valence-corrected chi connectivity index (χ3v) is 2.73. The van der Waals surface area contributed by atoms with Crippen molar-refractivity contribution in [2.75, 3.05) is 31.4 Å². The molecule has 0 radical (unpaired) electrons. The molecule has 0 fully saturated rings. The van der Waals surface area contributed by atoms with Gasteiger partial charge >= 0.3 is 6.01 Å². The van der Waals surface area contributed by atoms with Crippen molar-refractivity contribution in [3.8, 4) is 11.8 Å². The fourth-order valence-electron chi connectivity index (χ4n) is 1.40. The summed E-state index contributed by atoms with van der Waals surface area (Å²) in [5, 5.41) is 2.82. The van der Waals surface area contributed by atoms with Gasteiger partial charge in [-0.15, -0.1) is 0 Å². The minimum Gasteiger partial charge on any atom is -0.424 e. The first kappa shape index (κ1) is 14.4. The number of benzene rings is 1. The molecule has 1 aromatic carbocycles. The Morgan fingerprint density at radius 3 is 2.55 bits per heavy atom. The van der Waals surface area contributed by atoms with Crippen LogP contribution in [0.3, 0.4) is 0 Å². The second-order valence-corrected chi connectivity index (χ2v) is 5.01. The zero-order valence-electron chi connectivity index (χ0n) is 11.2. The molecule has 0 aliphatic heterocycles. The van der Waals surface area contributed by atoms with E-state index in [1.807, 2.05) is 0 Å². The highest BCUT2D eigenvalue weighted by atomic mass is 79.9. The van der Waals surface area contributed by atoms with Gasteiger partial charge in [-0.05, 0) is 12.1 Å². The van der Waals surface area contributed by atoms with Crippen LogP contribution in [-0.2, 0) is 0 Å². The van der Waals surface area contributed by atoms with Crippen LogP contribution >= 0.6 is 15.9 Å². The van der Waals surface area contributed by atoms with Crippen molar-refractivity contribution in [1.29, 1.82) is 0 Å². The van der Waals surface area contributed by atoms with Crippen LogP contribution in [0.15, 0.2) is 22.7 Å². The first-order chi connectivity index (χ1) is 9.47. The Hall–Kier alpha value is -1.96. The molecule has 2 rings (SSSR count). The molecule has 6 nitrogen and oxygen atoms in total. The lowest BCUT2D eigenvalue weighted by Crippen LogP contribution is -2.15. The minimum absolute atomic E-state index is 0.0885. The SMILES string of the molecule is CNc1nc(Oc2cc(F)cc(Br)c2)nc(N(C)C)n1. The number of nitrogens with one attached hydrogen (secondary N) is 1. The molecule has 0 aliphatic carbocycles. The standard InChI is InChI=1S/C12H13BrFN5O/c1-15-10-16-11(19(2)3)18-12(17-10)20-9-5-7(13)4-8(14)6-9/h4-6H,1-3H3,(H,15,16,17,18). The van der Waals surface area contributed by atoms with Crippen molar-refractivity contribution in [3.05, 3.63) is 28.5 Å². The fraction of sp³-hybridized carbons (Fsp3) is 0.250. The molecule has 106 valence electrons. The van der Waals surface area contributed by atoms with E-state index in [0.29, 0.717) is 22.1 Å². The van der Waals surface area contributed by atoms with Gasteiger partial charge in [-0.25, -0.2) is 4.39 Å². The van der Waals surface area contributed by atoms with Gasteiger partial charge in [0.05, 0.1) is 0 Å². The Balaban J connectivity index is 2.34. The van der Waals surface area contributed by atoms with Crippen molar-refractivity contribution >= 4 is 27.8 Å². The molecule has 1 heterocycles. The lowest BCUT2D eigenvalue weighted by molar-refractivity contribution is 0.436. The van der Waals surface area contributed by atoms with Crippen LogP contribution < -0.4 is 15.0 Å². The van der Waals surface area contributed by atoms with Crippen LogP contribution in [0.5, 0.6) is 11.8 Å². The highest BCUT2D eigenvalue weighted by molar-refractivity contribution is 9.10. The summed E-state index contributed by atoms with van der Waals surface area (Å²) in [6, 6.07) is 4.31. The van der Waals surface area contributed by atoms with Gasteiger partial charge in [0.2, 0.25) is 11.9 Å². The Morgan fingerprint density at radius 2 is 1.95 bits per heavy atom. The first-order valence-electron chi connectivity index (χ1n) is 5.73. The van der Waals surface area contributed by atoms with E-state index in [4.69, 9.17) is 4.74 Å². The molecule has 2 aromatic rings. The van der Waals surface area contributed by atoms with Gasteiger partial charge in [-0.3, -0.25) is 0 Å². The predicted molar refractivity (Wildman–Crippen MR) is 77.9 cm³/mol. The van der Waals surface area contributed by atoms with Gasteiger partial charge in [-0.1, -0.05) is 15.9 Å². The summed E-state index contributed by atoms with van der Waals surface area (Å²) in [5.41, 5.74) is 0. The molecule has 0 saturated heterocycles. The van der Waals surface area contributed by atoms with E-state index in [1.165, 1.54) is 12.1 Å². The Kier molecular flexibility index (Phi) is 4.33. The highest BCUT2D eigenvalue weighted by Gasteiger charge is 2.10. The van der Waals surface area contributed by atoms with E-state index in [0.717, 1.165) is 0 Å². The number of rotatable bonds is 4. The van der Waals surface area contributed by atoms with Crippen molar-refractivity contribution in [2.45, 2.75) is 0 Å². The first-order valence-corrected chi connectivity index (χ1v) is 6.52. The molecule has 0 amide bonds. The van der Waals surface area contributed by atoms with E-state index < -0.39 is 5.82 Å². The lowest BCUT2D eigenvalue weighted by atomic mass is 10.3. The van der Waals surface area contributed by atoms with Gasteiger partial charge in [0.1, 0.15) is 11.6 Å². The molecule has 0 atom stereocenters.